The Morgan fingerprint density at radius 3 is 1.87 bits per heavy atom. The average molecular weight is 637 g/mol. The van der Waals surface area contributed by atoms with Crippen LogP contribution in [0.25, 0.3) is 0 Å². The molecule has 0 saturated carbocycles. The van der Waals surface area contributed by atoms with Gasteiger partial charge in [-0.25, -0.2) is 8.78 Å². The van der Waals surface area contributed by atoms with Gasteiger partial charge < -0.3 is 15.2 Å². The van der Waals surface area contributed by atoms with Crippen molar-refractivity contribution in [3.05, 3.63) is 107 Å². The predicted molar refractivity (Wildman–Crippen MR) is 170 cm³/mol. The first-order chi connectivity index (χ1) is 22.0. The molecule has 46 heavy (non-hydrogen) atoms. The van der Waals surface area contributed by atoms with E-state index in [-0.39, 0.29) is 66.9 Å². The summed E-state index contributed by atoms with van der Waals surface area (Å²) in [5.41, 5.74) is 2.57. The number of amides is 3. The number of aliphatic hydroxyl groups is 1. The Balaban J connectivity index is 0.000000268. The number of hydrogen-bond acceptors (Lipinski definition) is 6. The van der Waals surface area contributed by atoms with Crippen LogP contribution in [0.5, 0.6) is 0 Å². The van der Waals surface area contributed by atoms with E-state index in [0.29, 0.717) is 17.5 Å². The van der Waals surface area contributed by atoms with Gasteiger partial charge in [0.25, 0.3) is 11.8 Å². The second kappa shape index (κ2) is 17.3. The van der Waals surface area contributed by atoms with Crippen LogP contribution < -0.4 is 5.32 Å². The van der Waals surface area contributed by atoms with Gasteiger partial charge in [-0.15, -0.1) is 0 Å². The number of esters is 1. The molecular formula is C36H42F2N2O6. The Kier molecular flexibility index (Phi) is 13.6. The number of benzene rings is 3. The third-order valence-corrected chi connectivity index (χ3v) is 7.72. The third-order valence-electron chi connectivity index (χ3n) is 7.72. The lowest BCUT2D eigenvalue weighted by Gasteiger charge is -2.28. The molecule has 0 aliphatic carbocycles. The normalized spacial score (nSPS) is 18.0. The van der Waals surface area contributed by atoms with E-state index >= 15 is 0 Å². The molecule has 2 N–H and O–H groups in total. The van der Waals surface area contributed by atoms with Crippen LogP contribution in [0, 0.1) is 23.5 Å². The fraction of sp³-hybridized carbons (Fsp3) is 0.389. The van der Waals surface area contributed by atoms with Crippen molar-refractivity contribution in [3.8, 4) is 0 Å². The number of carbonyl (C=O) groups excluding carboxylic acids is 4. The van der Waals surface area contributed by atoms with E-state index in [0.717, 1.165) is 24.0 Å². The van der Waals surface area contributed by atoms with Crippen LogP contribution in [0.1, 0.15) is 72.4 Å². The average Bonchev–Trinajstić information content (AvgIpc) is 3.48. The number of halogens is 2. The van der Waals surface area contributed by atoms with Gasteiger partial charge in [0, 0.05) is 24.6 Å². The summed E-state index contributed by atoms with van der Waals surface area (Å²) in [5, 5.41) is 10.5. The van der Waals surface area contributed by atoms with Crippen molar-refractivity contribution >= 4 is 23.7 Å². The zero-order chi connectivity index (χ0) is 33.8. The molecule has 0 unspecified atom stereocenters. The smallest absolute Gasteiger partial charge is 0.308 e. The van der Waals surface area contributed by atoms with E-state index in [1.807, 2.05) is 6.92 Å². The first-order valence-electron chi connectivity index (χ1n) is 15.5. The zero-order valence-electron chi connectivity index (χ0n) is 26.7. The Bertz CT molecular complexity index is 1440. The molecule has 2 aliphatic heterocycles. The molecule has 2 aliphatic rings. The number of ether oxygens (including phenoxy) is 1. The van der Waals surface area contributed by atoms with Gasteiger partial charge >= 0.3 is 5.97 Å². The molecule has 0 bridgehead atoms. The highest BCUT2D eigenvalue weighted by Gasteiger charge is 2.40. The summed E-state index contributed by atoms with van der Waals surface area (Å²) >= 11 is 0. The number of fused-ring (bicyclic) bond motifs is 1. The second-order valence-corrected chi connectivity index (χ2v) is 11.4. The molecule has 4 atom stereocenters. The van der Waals surface area contributed by atoms with E-state index in [2.05, 4.69) is 5.32 Å². The summed E-state index contributed by atoms with van der Waals surface area (Å²) in [6.45, 7) is 7.57. The Hall–Kier alpha value is -4.44. The number of carbonyl (C=O) groups is 4. The lowest BCUT2D eigenvalue weighted by molar-refractivity contribution is -0.148. The van der Waals surface area contributed by atoms with E-state index in [1.54, 1.807) is 69.3 Å². The summed E-state index contributed by atoms with van der Waals surface area (Å²) < 4.78 is 31.0. The second-order valence-electron chi connectivity index (χ2n) is 11.4. The van der Waals surface area contributed by atoms with E-state index in [4.69, 9.17) is 9.84 Å². The molecule has 2 heterocycles. The molecule has 3 amide bonds. The molecule has 3 aromatic rings. The maximum atomic E-state index is 13.2. The van der Waals surface area contributed by atoms with Crippen LogP contribution >= 0.6 is 0 Å². The summed E-state index contributed by atoms with van der Waals surface area (Å²) in [5.74, 6) is -1.95. The van der Waals surface area contributed by atoms with Gasteiger partial charge in [0.2, 0.25) is 5.91 Å². The van der Waals surface area contributed by atoms with Crippen LogP contribution in [0.15, 0.2) is 72.8 Å². The number of hydrogen-bond donors (Lipinski definition) is 2. The topological polar surface area (TPSA) is 113 Å². The highest BCUT2D eigenvalue weighted by molar-refractivity contribution is 6.21. The quantitative estimate of drug-likeness (QED) is 0.237. The molecule has 10 heteroatoms. The van der Waals surface area contributed by atoms with Gasteiger partial charge in [-0.05, 0) is 87.1 Å². The minimum Gasteiger partial charge on any atom is -0.466 e. The molecule has 1 saturated heterocycles. The maximum Gasteiger partial charge on any atom is 0.308 e. The molecule has 0 radical (unpaired) electrons. The first-order valence-corrected chi connectivity index (χ1v) is 15.5. The van der Waals surface area contributed by atoms with Crippen molar-refractivity contribution in [1.82, 2.24) is 10.2 Å². The van der Waals surface area contributed by atoms with Gasteiger partial charge in [-0.3, -0.25) is 24.1 Å². The Labute approximate surface area is 268 Å². The van der Waals surface area contributed by atoms with Crippen LogP contribution in [-0.4, -0.2) is 59.0 Å². The van der Waals surface area contributed by atoms with E-state index < -0.39 is 12.0 Å². The molecule has 0 aromatic heterocycles. The monoisotopic (exact) mass is 636 g/mol. The Morgan fingerprint density at radius 2 is 1.41 bits per heavy atom. The Morgan fingerprint density at radius 1 is 0.913 bits per heavy atom. The summed E-state index contributed by atoms with van der Waals surface area (Å²) in [6, 6.07) is 18.7. The van der Waals surface area contributed by atoms with E-state index in [1.165, 1.54) is 29.2 Å². The van der Waals surface area contributed by atoms with Gasteiger partial charge in [0.05, 0.1) is 23.7 Å². The zero-order valence-corrected chi connectivity index (χ0v) is 26.7. The lowest BCUT2D eigenvalue weighted by Crippen LogP contribution is -2.43. The van der Waals surface area contributed by atoms with Crippen molar-refractivity contribution in [2.75, 3.05) is 13.2 Å². The fourth-order valence-electron chi connectivity index (χ4n) is 5.48. The number of aliphatic hydroxyl groups excluding tert-OH is 1. The van der Waals surface area contributed by atoms with Gasteiger partial charge in [0.1, 0.15) is 11.6 Å². The van der Waals surface area contributed by atoms with Crippen LogP contribution in [0.2, 0.25) is 0 Å². The number of imide groups is 1. The van der Waals surface area contributed by atoms with Crippen molar-refractivity contribution in [2.45, 2.75) is 65.5 Å². The highest BCUT2D eigenvalue weighted by Crippen LogP contribution is 2.29. The number of nitrogens with zero attached hydrogens (tertiary/aromatic N) is 1. The largest absolute Gasteiger partial charge is 0.466 e. The molecule has 246 valence electrons. The van der Waals surface area contributed by atoms with E-state index in [9.17, 15) is 28.0 Å². The predicted octanol–water partition coefficient (Wildman–Crippen LogP) is 5.51. The summed E-state index contributed by atoms with van der Waals surface area (Å²) in [4.78, 5) is 50.4. The molecule has 3 aromatic carbocycles. The molecule has 8 nitrogen and oxygen atoms in total. The standard InChI is InChI=1S/C22H22FNO4.C12H14FNO.C2H6O/c1-3-28-22(27)14(2)12-17(13-15-8-10-16(23)11-9-15)24-20(25)18-6-4-5-7-19(18)21(24)26;1-8-6-11(14-12(8)15)7-9-2-4-10(13)5-3-9;1-2-3/h4-11,14,17H,3,12-13H2,1-2H3;2-5,8,11H,6-7H2,1H3,(H,14,15);3H,2H2,1H3/t14-,17+;8-,11-;/m01./s1. The van der Waals surface area contributed by atoms with Crippen molar-refractivity contribution < 1.29 is 37.8 Å². The molecule has 5 rings (SSSR count). The number of nitrogens with one attached hydrogen (secondary N) is 1. The molecule has 1 fully saturated rings. The fourth-order valence-corrected chi connectivity index (χ4v) is 5.48. The minimum atomic E-state index is -0.544. The maximum absolute atomic E-state index is 13.2. The van der Waals surface area contributed by atoms with Crippen molar-refractivity contribution in [2.24, 2.45) is 11.8 Å². The minimum absolute atomic E-state index is 0.107. The van der Waals surface area contributed by atoms with Gasteiger partial charge in [0.15, 0.2) is 0 Å². The van der Waals surface area contributed by atoms with Crippen LogP contribution in [0.3, 0.4) is 0 Å². The molecular weight excluding hydrogens is 594 g/mol. The SMILES string of the molecule is CCO.CCOC(=O)[C@@H](C)C[C@H](Cc1ccc(F)cc1)N1C(=O)c2ccccc2C1=O.C[C@@H]1C[C@H](Cc2ccc(F)cc2)NC1=O. The first kappa shape index (κ1) is 36.0. The third kappa shape index (κ3) is 9.78. The summed E-state index contributed by atoms with van der Waals surface area (Å²) in [7, 11) is 0. The number of rotatable bonds is 9. The summed E-state index contributed by atoms with van der Waals surface area (Å²) in [6.07, 6.45) is 2.25. The van der Waals surface area contributed by atoms with Gasteiger partial charge in [-0.1, -0.05) is 50.2 Å². The van der Waals surface area contributed by atoms with Crippen LogP contribution in [-0.2, 0) is 27.2 Å². The lowest BCUT2D eigenvalue weighted by atomic mass is 9.94. The van der Waals surface area contributed by atoms with Crippen LogP contribution in [0.4, 0.5) is 8.78 Å². The highest BCUT2D eigenvalue weighted by atomic mass is 19.1. The van der Waals surface area contributed by atoms with Crippen molar-refractivity contribution in [1.29, 1.82) is 0 Å². The van der Waals surface area contributed by atoms with Gasteiger partial charge in [-0.2, -0.15) is 0 Å². The molecule has 0 spiro atoms. The van der Waals surface area contributed by atoms with Crippen molar-refractivity contribution in [3.63, 3.8) is 0 Å².